The first kappa shape index (κ1) is 22.8. The molecule has 1 amide bonds. The van der Waals surface area contributed by atoms with Crippen LogP contribution in [0.1, 0.15) is 23.2 Å². The van der Waals surface area contributed by atoms with Gasteiger partial charge >= 0.3 is 0 Å². The van der Waals surface area contributed by atoms with Gasteiger partial charge in [-0.25, -0.2) is 4.98 Å². The maximum Gasteiger partial charge on any atom is 0.257 e. The Morgan fingerprint density at radius 2 is 2.08 bits per heavy atom. The van der Waals surface area contributed by atoms with Gasteiger partial charge in [0.15, 0.2) is 0 Å². The summed E-state index contributed by atoms with van der Waals surface area (Å²) in [4.78, 5) is 16.7. The summed E-state index contributed by atoms with van der Waals surface area (Å²) in [7, 11) is 0. The molecular formula is C17H19Cl4N3O2. The second kappa shape index (κ2) is 10.8. The van der Waals surface area contributed by atoms with Crippen molar-refractivity contribution in [2.24, 2.45) is 0 Å². The highest BCUT2D eigenvalue weighted by atomic mass is 35.5. The number of rotatable bonds is 4. The number of ether oxygens (including phenoxy) is 1. The molecular weight excluding hydrogens is 420 g/mol. The molecule has 0 bridgehead atoms. The van der Waals surface area contributed by atoms with Crippen LogP contribution in [0.2, 0.25) is 10.0 Å². The maximum absolute atomic E-state index is 12.5. The molecule has 1 aromatic heterocycles. The molecule has 1 saturated heterocycles. The molecule has 5 nitrogen and oxygen atoms in total. The van der Waals surface area contributed by atoms with E-state index in [9.17, 15) is 4.79 Å². The van der Waals surface area contributed by atoms with Gasteiger partial charge < -0.3 is 15.4 Å². The van der Waals surface area contributed by atoms with Crippen molar-refractivity contribution >= 4 is 53.9 Å². The van der Waals surface area contributed by atoms with E-state index in [0.717, 1.165) is 25.9 Å². The fourth-order valence-corrected chi connectivity index (χ4v) is 2.99. The molecule has 1 atom stereocenters. The highest BCUT2D eigenvalue weighted by Crippen LogP contribution is 2.32. The van der Waals surface area contributed by atoms with Crippen LogP contribution in [0.5, 0.6) is 11.6 Å². The summed E-state index contributed by atoms with van der Waals surface area (Å²) in [5.74, 6) is 0.396. The Labute approximate surface area is 174 Å². The number of benzene rings is 1. The Kier molecular flexibility index (Phi) is 9.47. The number of halogens is 4. The lowest BCUT2D eigenvalue weighted by Gasteiger charge is -2.24. The van der Waals surface area contributed by atoms with E-state index in [1.54, 1.807) is 36.5 Å². The topological polar surface area (TPSA) is 63.2 Å². The average Bonchev–Trinajstić information content (AvgIpc) is 2.59. The van der Waals surface area contributed by atoms with E-state index in [1.807, 2.05) is 0 Å². The van der Waals surface area contributed by atoms with Gasteiger partial charge in [-0.2, -0.15) is 0 Å². The quantitative estimate of drug-likeness (QED) is 0.737. The van der Waals surface area contributed by atoms with Gasteiger partial charge in [0.1, 0.15) is 11.3 Å². The second-order valence-electron chi connectivity index (χ2n) is 5.55. The van der Waals surface area contributed by atoms with E-state index in [4.69, 9.17) is 27.9 Å². The number of aromatic nitrogens is 1. The summed E-state index contributed by atoms with van der Waals surface area (Å²) in [5, 5.41) is 7.14. The second-order valence-corrected chi connectivity index (χ2v) is 6.39. The SMILES string of the molecule is Cl.Cl.O=C(N[C@H]1CCCNC1)c1cccnc1Oc1ccc(Cl)cc1Cl. The van der Waals surface area contributed by atoms with Crippen molar-refractivity contribution in [3.05, 3.63) is 52.1 Å². The van der Waals surface area contributed by atoms with Gasteiger partial charge in [0.25, 0.3) is 5.91 Å². The van der Waals surface area contributed by atoms with Gasteiger partial charge in [0.05, 0.1) is 5.02 Å². The Morgan fingerprint density at radius 1 is 1.27 bits per heavy atom. The molecule has 0 spiro atoms. The van der Waals surface area contributed by atoms with Gasteiger partial charge in [-0.15, -0.1) is 24.8 Å². The third kappa shape index (κ3) is 5.89. The van der Waals surface area contributed by atoms with Crippen LogP contribution in [0, 0.1) is 0 Å². The highest BCUT2D eigenvalue weighted by molar-refractivity contribution is 6.35. The summed E-state index contributed by atoms with van der Waals surface area (Å²) in [5.41, 5.74) is 0.370. The summed E-state index contributed by atoms with van der Waals surface area (Å²) in [6.07, 6.45) is 3.57. The van der Waals surface area contributed by atoms with Crippen LogP contribution >= 0.6 is 48.0 Å². The average molecular weight is 439 g/mol. The third-order valence-electron chi connectivity index (χ3n) is 3.75. The Bertz CT molecular complexity index is 740. The highest BCUT2D eigenvalue weighted by Gasteiger charge is 2.20. The van der Waals surface area contributed by atoms with Gasteiger partial charge in [-0.1, -0.05) is 23.2 Å². The van der Waals surface area contributed by atoms with Gasteiger partial charge in [0.2, 0.25) is 5.88 Å². The summed E-state index contributed by atoms with van der Waals surface area (Å²) in [6, 6.07) is 8.38. The summed E-state index contributed by atoms with van der Waals surface area (Å²) >= 11 is 12.0. The van der Waals surface area contributed by atoms with Crippen molar-refractivity contribution in [3.63, 3.8) is 0 Å². The zero-order valence-corrected chi connectivity index (χ0v) is 16.9. The molecule has 1 aliphatic heterocycles. The predicted molar refractivity (Wildman–Crippen MR) is 109 cm³/mol. The molecule has 0 radical (unpaired) electrons. The molecule has 1 aromatic carbocycles. The van der Waals surface area contributed by atoms with Crippen molar-refractivity contribution in [2.45, 2.75) is 18.9 Å². The first-order valence-corrected chi connectivity index (χ1v) is 8.48. The maximum atomic E-state index is 12.5. The lowest BCUT2D eigenvalue weighted by atomic mass is 10.1. The minimum absolute atomic E-state index is 0. The van der Waals surface area contributed by atoms with E-state index in [2.05, 4.69) is 15.6 Å². The Morgan fingerprint density at radius 3 is 2.77 bits per heavy atom. The zero-order valence-electron chi connectivity index (χ0n) is 13.7. The largest absolute Gasteiger partial charge is 0.437 e. The van der Waals surface area contributed by atoms with Crippen LogP contribution in [0.25, 0.3) is 0 Å². The standard InChI is InChI=1S/C17H17Cl2N3O2.2ClH/c18-11-5-6-15(14(19)9-11)24-17-13(4-2-8-21-17)16(23)22-12-3-1-7-20-10-12;;/h2,4-6,8-9,12,20H,1,3,7,10H2,(H,22,23);2*1H/t12-;;/m0../s1. The first-order chi connectivity index (χ1) is 11.6. The minimum atomic E-state index is -0.211. The number of nitrogens with zero attached hydrogens (tertiary/aromatic N) is 1. The number of pyridine rings is 1. The first-order valence-electron chi connectivity index (χ1n) is 7.73. The van der Waals surface area contributed by atoms with Gasteiger partial charge in [-0.3, -0.25) is 4.79 Å². The number of carbonyl (C=O) groups is 1. The van der Waals surface area contributed by atoms with Crippen LogP contribution in [0.4, 0.5) is 0 Å². The minimum Gasteiger partial charge on any atom is -0.437 e. The number of nitrogens with one attached hydrogen (secondary N) is 2. The Hall–Kier alpha value is -1.24. The normalized spacial score (nSPS) is 16.0. The smallest absolute Gasteiger partial charge is 0.257 e. The number of carbonyl (C=O) groups excluding carboxylic acids is 1. The van der Waals surface area contributed by atoms with E-state index >= 15 is 0 Å². The van der Waals surface area contributed by atoms with Crippen LogP contribution < -0.4 is 15.4 Å². The summed E-state index contributed by atoms with van der Waals surface area (Å²) in [6.45, 7) is 1.76. The monoisotopic (exact) mass is 437 g/mol. The molecule has 0 aliphatic carbocycles. The number of hydrogen-bond donors (Lipinski definition) is 2. The van der Waals surface area contributed by atoms with Crippen molar-refractivity contribution in [1.82, 2.24) is 15.6 Å². The molecule has 0 unspecified atom stereocenters. The molecule has 1 fully saturated rings. The molecule has 3 rings (SSSR count). The van der Waals surface area contributed by atoms with Crippen LogP contribution in [-0.4, -0.2) is 30.0 Å². The van der Waals surface area contributed by atoms with Crippen LogP contribution in [0.3, 0.4) is 0 Å². The van der Waals surface area contributed by atoms with Crippen molar-refractivity contribution in [3.8, 4) is 11.6 Å². The molecule has 2 heterocycles. The van der Waals surface area contributed by atoms with Crippen molar-refractivity contribution < 1.29 is 9.53 Å². The predicted octanol–water partition coefficient (Wildman–Crippen LogP) is 4.51. The van der Waals surface area contributed by atoms with E-state index in [1.165, 1.54) is 0 Å². The molecule has 2 aromatic rings. The molecule has 2 N–H and O–H groups in total. The molecule has 142 valence electrons. The number of piperidine rings is 1. The van der Waals surface area contributed by atoms with Crippen LogP contribution in [-0.2, 0) is 0 Å². The third-order valence-corrected chi connectivity index (χ3v) is 4.28. The lowest BCUT2D eigenvalue weighted by Crippen LogP contribution is -2.45. The fourth-order valence-electron chi connectivity index (χ4n) is 2.55. The number of amides is 1. The van der Waals surface area contributed by atoms with E-state index < -0.39 is 0 Å². The van der Waals surface area contributed by atoms with Crippen molar-refractivity contribution in [1.29, 1.82) is 0 Å². The molecule has 1 aliphatic rings. The van der Waals surface area contributed by atoms with Gasteiger partial charge in [-0.05, 0) is 49.7 Å². The summed E-state index contributed by atoms with van der Waals surface area (Å²) < 4.78 is 5.73. The molecule has 0 saturated carbocycles. The van der Waals surface area contributed by atoms with Gasteiger partial charge in [0, 0.05) is 23.8 Å². The molecule has 9 heteroatoms. The van der Waals surface area contributed by atoms with E-state index in [-0.39, 0.29) is 42.6 Å². The number of hydrogen-bond acceptors (Lipinski definition) is 4. The Balaban J connectivity index is 0.00000169. The van der Waals surface area contributed by atoms with Crippen LogP contribution in [0.15, 0.2) is 36.5 Å². The fraction of sp³-hybridized carbons (Fsp3) is 0.294. The van der Waals surface area contributed by atoms with E-state index in [0.29, 0.717) is 21.4 Å². The molecule has 26 heavy (non-hydrogen) atoms. The zero-order chi connectivity index (χ0) is 16.9. The van der Waals surface area contributed by atoms with Crippen molar-refractivity contribution in [2.75, 3.05) is 13.1 Å². The lowest BCUT2D eigenvalue weighted by molar-refractivity contribution is 0.0927.